The van der Waals surface area contributed by atoms with Crippen LogP contribution in [0.5, 0.6) is 5.75 Å². The van der Waals surface area contributed by atoms with E-state index in [1.807, 2.05) is 30.3 Å². The van der Waals surface area contributed by atoms with Gasteiger partial charge in [-0.15, -0.1) is 0 Å². The highest BCUT2D eigenvalue weighted by atomic mass is 19.1. The van der Waals surface area contributed by atoms with Crippen LogP contribution in [0.15, 0.2) is 54.6 Å². The lowest BCUT2D eigenvalue weighted by Gasteiger charge is -2.33. The molecule has 2 aromatic carbocycles. The summed E-state index contributed by atoms with van der Waals surface area (Å²) in [5, 5.41) is 0. The van der Waals surface area contributed by atoms with Gasteiger partial charge in [-0.3, -0.25) is 4.79 Å². The Morgan fingerprint density at radius 2 is 1.91 bits per heavy atom. The lowest BCUT2D eigenvalue weighted by molar-refractivity contribution is -0.141. The predicted molar refractivity (Wildman–Crippen MR) is 83.6 cm³/mol. The quantitative estimate of drug-likeness (QED) is 0.871. The van der Waals surface area contributed by atoms with Gasteiger partial charge >= 0.3 is 0 Å². The van der Waals surface area contributed by atoms with Crippen molar-refractivity contribution in [2.45, 2.75) is 6.10 Å². The van der Waals surface area contributed by atoms with Crippen LogP contribution in [-0.2, 0) is 9.53 Å². The number of ether oxygens (including phenoxy) is 2. The van der Waals surface area contributed by atoms with Crippen molar-refractivity contribution in [2.24, 2.45) is 0 Å². The number of para-hydroxylation sites is 1. The van der Waals surface area contributed by atoms with Gasteiger partial charge in [-0.25, -0.2) is 4.39 Å². The van der Waals surface area contributed by atoms with Gasteiger partial charge in [0, 0.05) is 6.54 Å². The summed E-state index contributed by atoms with van der Waals surface area (Å²) < 4.78 is 24.2. The molecule has 0 bridgehead atoms. The number of hydrogen-bond acceptors (Lipinski definition) is 3. The van der Waals surface area contributed by atoms with E-state index in [2.05, 4.69) is 0 Å². The molecular weight excluding hydrogens is 297 g/mol. The third-order valence-corrected chi connectivity index (χ3v) is 3.77. The molecule has 1 aliphatic heterocycles. The van der Waals surface area contributed by atoms with Crippen LogP contribution in [0.2, 0.25) is 0 Å². The van der Waals surface area contributed by atoms with E-state index in [1.165, 1.54) is 12.1 Å². The Hall–Kier alpha value is -2.40. The molecule has 3 rings (SSSR count). The van der Waals surface area contributed by atoms with Crippen molar-refractivity contribution in [3.05, 3.63) is 66.0 Å². The van der Waals surface area contributed by atoms with Gasteiger partial charge in [0.05, 0.1) is 13.2 Å². The summed E-state index contributed by atoms with van der Waals surface area (Å²) in [6, 6.07) is 15.4. The van der Waals surface area contributed by atoms with Gasteiger partial charge in [0.25, 0.3) is 5.91 Å². The predicted octanol–water partition coefficient (Wildman–Crippen LogP) is 2.80. The Bertz CT molecular complexity index is 645. The highest BCUT2D eigenvalue weighted by Gasteiger charge is 2.25. The number of rotatable bonds is 4. The van der Waals surface area contributed by atoms with E-state index < -0.39 is 0 Å². The molecule has 5 heteroatoms. The minimum absolute atomic E-state index is 0.000150. The molecule has 1 atom stereocenters. The monoisotopic (exact) mass is 315 g/mol. The maximum absolute atomic E-state index is 13.0. The van der Waals surface area contributed by atoms with E-state index >= 15 is 0 Å². The smallest absolute Gasteiger partial charge is 0.260 e. The van der Waals surface area contributed by atoms with Gasteiger partial charge < -0.3 is 14.4 Å². The molecule has 0 aliphatic carbocycles. The van der Waals surface area contributed by atoms with Gasteiger partial charge in [0.15, 0.2) is 6.61 Å². The zero-order chi connectivity index (χ0) is 16.1. The molecule has 2 aromatic rings. The summed E-state index contributed by atoms with van der Waals surface area (Å²) in [5.41, 5.74) is 0.868. The topological polar surface area (TPSA) is 38.8 Å². The Kier molecular flexibility index (Phi) is 4.88. The largest absolute Gasteiger partial charge is 0.484 e. The van der Waals surface area contributed by atoms with Crippen LogP contribution in [0.25, 0.3) is 0 Å². The van der Waals surface area contributed by atoms with Crippen LogP contribution < -0.4 is 4.74 Å². The maximum atomic E-state index is 13.0. The van der Waals surface area contributed by atoms with Gasteiger partial charge in [-0.1, -0.05) is 30.3 Å². The van der Waals surface area contributed by atoms with E-state index in [0.29, 0.717) is 25.4 Å². The molecule has 1 fully saturated rings. The maximum Gasteiger partial charge on any atom is 0.260 e. The highest BCUT2D eigenvalue weighted by molar-refractivity contribution is 5.78. The molecule has 0 N–H and O–H groups in total. The highest BCUT2D eigenvalue weighted by Crippen LogP contribution is 2.22. The molecule has 23 heavy (non-hydrogen) atoms. The number of halogens is 1. The molecule has 1 unspecified atom stereocenters. The third kappa shape index (κ3) is 4.07. The fourth-order valence-electron chi connectivity index (χ4n) is 2.51. The molecule has 0 spiro atoms. The minimum atomic E-state index is -0.284. The Morgan fingerprint density at radius 3 is 2.65 bits per heavy atom. The zero-order valence-electron chi connectivity index (χ0n) is 12.7. The number of morpholine rings is 1. The van der Waals surface area contributed by atoms with Crippen molar-refractivity contribution >= 4 is 5.91 Å². The molecule has 120 valence electrons. The third-order valence-electron chi connectivity index (χ3n) is 3.77. The second-order valence-corrected chi connectivity index (χ2v) is 5.35. The second-order valence-electron chi connectivity index (χ2n) is 5.35. The van der Waals surface area contributed by atoms with Gasteiger partial charge in [-0.2, -0.15) is 0 Å². The molecule has 0 aromatic heterocycles. The summed E-state index contributed by atoms with van der Waals surface area (Å²) in [6.45, 7) is 1.44. The van der Waals surface area contributed by atoms with Crippen LogP contribution >= 0.6 is 0 Å². The van der Waals surface area contributed by atoms with E-state index in [0.717, 1.165) is 5.56 Å². The van der Waals surface area contributed by atoms with Gasteiger partial charge in [0.1, 0.15) is 17.7 Å². The average molecular weight is 315 g/mol. The number of nitrogens with zero attached hydrogens (tertiary/aromatic N) is 1. The fourth-order valence-corrected chi connectivity index (χ4v) is 2.51. The molecule has 4 nitrogen and oxygen atoms in total. The normalized spacial score (nSPS) is 17.8. The molecule has 1 saturated heterocycles. The van der Waals surface area contributed by atoms with E-state index in [1.54, 1.807) is 17.0 Å². The van der Waals surface area contributed by atoms with Crippen molar-refractivity contribution in [1.82, 2.24) is 4.90 Å². The van der Waals surface area contributed by atoms with Crippen LogP contribution in [0.1, 0.15) is 11.7 Å². The number of amides is 1. The number of carbonyl (C=O) groups is 1. The Morgan fingerprint density at radius 1 is 1.17 bits per heavy atom. The summed E-state index contributed by atoms with van der Waals surface area (Å²) >= 11 is 0. The average Bonchev–Trinajstić information content (AvgIpc) is 2.61. The molecular formula is C18H18FNO3. The summed E-state index contributed by atoms with van der Waals surface area (Å²) in [5.74, 6) is 0.308. The van der Waals surface area contributed by atoms with E-state index in [4.69, 9.17) is 9.47 Å². The van der Waals surface area contributed by atoms with Gasteiger partial charge in [-0.05, 0) is 29.8 Å². The number of carbonyl (C=O) groups excluding carboxylic acids is 1. The SMILES string of the molecule is O=C(COc1ccccc1)N1CCOC(c2ccc(F)cc2)C1. The van der Waals surface area contributed by atoms with E-state index in [-0.39, 0.29) is 24.4 Å². The first kappa shape index (κ1) is 15.5. The van der Waals surface area contributed by atoms with Crippen LogP contribution in [0, 0.1) is 5.82 Å². The molecule has 1 amide bonds. The molecule has 0 saturated carbocycles. The van der Waals surface area contributed by atoms with Crippen molar-refractivity contribution in [1.29, 1.82) is 0 Å². The lowest BCUT2D eigenvalue weighted by Crippen LogP contribution is -2.44. The first-order valence-electron chi connectivity index (χ1n) is 7.55. The van der Waals surface area contributed by atoms with Crippen molar-refractivity contribution in [2.75, 3.05) is 26.3 Å². The molecule has 0 radical (unpaired) electrons. The molecule has 1 aliphatic rings. The first-order chi connectivity index (χ1) is 11.2. The van der Waals surface area contributed by atoms with Crippen molar-refractivity contribution in [3.63, 3.8) is 0 Å². The summed E-state index contributed by atoms with van der Waals surface area (Å²) in [4.78, 5) is 14.0. The minimum Gasteiger partial charge on any atom is -0.484 e. The van der Waals surface area contributed by atoms with Crippen molar-refractivity contribution < 1.29 is 18.7 Å². The Labute approximate surface area is 134 Å². The summed E-state index contributed by atoms with van der Waals surface area (Å²) in [6.07, 6.45) is -0.231. The zero-order valence-corrected chi connectivity index (χ0v) is 12.7. The van der Waals surface area contributed by atoms with Crippen LogP contribution in [0.4, 0.5) is 4.39 Å². The standard InChI is InChI=1S/C18H18FNO3/c19-15-8-6-14(7-9-15)17-12-20(10-11-22-17)18(21)13-23-16-4-2-1-3-5-16/h1-9,17H,10-13H2. The first-order valence-corrected chi connectivity index (χ1v) is 7.55. The summed E-state index contributed by atoms with van der Waals surface area (Å²) in [7, 11) is 0. The van der Waals surface area contributed by atoms with E-state index in [9.17, 15) is 9.18 Å². The number of benzene rings is 2. The second kappa shape index (κ2) is 7.24. The fraction of sp³-hybridized carbons (Fsp3) is 0.278. The molecule has 1 heterocycles. The Balaban J connectivity index is 1.57. The van der Waals surface area contributed by atoms with Gasteiger partial charge in [0.2, 0.25) is 0 Å². The van der Waals surface area contributed by atoms with Crippen LogP contribution in [0.3, 0.4) is 0 Å². The number of hydrogen-bond donors (Lipinski definition) is 0. The lowest BCUT2D eigenvalue weighted by atomic mass is 10.1. The van der Waals surface area contributed by atoms with Crippen LogP contribution in [-0.4, -0.2) is 37.1 Å². The van der Waals surface area contributed by atoms with Crippen molar-refractivity contribution in [3.8, 4) is 5.75 Å².